The van der Waals surface area contributed by atoms with E-state index in [0.717, 1.165) is 12.6 Å². The van der Waals surface area contributed by atoms with E-state index in [1.807, 2.05) is 6.08 Å². The molecular formula is C11H23N3. The fourth-order valence-corrected chi connectivity index (χ4v) is 1.94. The third-order valence-corrected chi connectivity index (χ3v) is 2.88. The van der Waals surface area contributed by atoms with Gasteiger partial charge in [0, 0.05) is 25.7 Å². The molecule has 1 saturated heterocycles. The van der Waals surface area contributed by atoms with E-state index in [1.165, 1.54) is 25.9 Å². The van der Waals surface area contributed by atoms with Crippen LogP contribution in [0.2, 0.25) is 0 Å². The number of nitrogens with two attached hydrogens (primary N) is 1. The van der Waals surface area contributed by atoms with E-state index in [2.05, 4.69) is 30.0 Å². The standard InChI is InChI=1S/C11H23N3/c1-13(2)11-6-5-9-14(10-11)8-4-3-7-12/h3-4,11H,5-10,12H2,1-2H3. The molecule has 0 spiro atoms. The minimum absolute atomic E-state index is 0.658. The van der Waals surface area contributed by atoms with Crippen LogP contribution in [0.25, 0.3) is 0 Å². The molecule has 1 unspecified atom stereocenters. The van der Waals surface area contributed by atoms with Gasteiger partial charge in [0.15, 0.2) is 0 Å². The van der Waals surface area contributed by atoms with Crippen LogP contribution in [0.5, 0.6) is 0 Å². The number of hydrogen-bond acceptors (Lipinski definition) is 3. The quantitative estimate of drug-likeness (QED) is 0.667. The maximum absolute atomic E-state index is 5.41. The van der Waals surface area contributed by atoms with E-state index >= 15 is 0 Å². The molecule has 82 valence electrons. The molecule has 1 rings (SSSR count). The van der Waals surface area contributed by atoms with Crippen molar-refractivity contribution in [3.8, 4) is 0 Å². The van der Waals surface area contributed by atoms with E-state index in [9.17, 15) is 0 Å². The molecule has 2 N–H and O–H groups in total. The zero-order chi connectivity index (χ0) is 10.4. The fourth-order valence-electron chi connectivity index (χ4n) is 1.94. The number of likely N-dealkylation sites (N-methyl/N-ethyl adjacent to an activating group) is 1. The first kappa shape index (κ1) is 11.7. The Balaban J connectivity index is 2.29. The molecule has 0 aromatic rings. The summed E-state index contributed by atoms with van der Waals surface area (Å²) < 4.78 is 0. The van der Waals surface area contributed by atoms with Crippen LogP contribution < -0.4 is 5.73 Å². The van der Waals surface area contributed by atoms with Gasteiger partial charge >= 0.3 is 0 Å². The summed E-state index contributed by atoms with van der Waals surface area (Å²) in [5.41, 5.74) is 5.41. The van der Waals surface area contributed by atoms with E-state index in [4.69, 9.17) is 5.73 Å². The number of hydrogen-bond donors (Lipinski definition) is 1. The Kier molecular flexibility index (Phi) is 5.15. The van der Waals surface area contributed by atoms with Crippen molar-refractivity contribution in [2.24, 2.45) is 5.73 Å². The first-order chi connectivity index (χ1) is 6.74. The van der Waals surface area contributed by atoms with Gasteiger partial charge in [-0.2, -0.15) is 0 Å². The summed E-state index contributed by atoms with van der Waals surface area (Å²) in [5.74, 6) is 0. The zero-order valence-electron chi connectivity index (χ0n) is 9.45. The number of nitrogens with zero attached hydrogens (tertiary/aromatic N) is 2. The van der Waals surface area contributed by atoms with Crippen LogP contribution in [0.4, 0.5) is 0 Å². The molecular weight excluding hydrogens is 174 g/mol. The Morgan fingerprint density at radius 1 is 1.43 bits per heavy atom. The molecule has 0 radical (unpaired) electrons. The fraction of sp³-hybridized carbons (Fsp3) is 0.818. The van der Waals surface area contributed by atoms with Crippen molar-refractivity contribution >= 4 is 0 Å². The lowest BCUT2D eigenvalue weighted by molar-refractivity contribution is 0.143. The van der Waals surface area contributed by atoms with Crippen molar-refractivity contribution in [3.63, 3.8) is 0 Å². The second-order valence-electron chi connectivity index (χ2n) is 4.23. The summed E-state index contributed by atoms with van der Waals surface area (Å²) in [5, 5.41) is 0. The van der Waals surface area contributed by atoms with Gasteiger partial charge in [-0.3, -0.25) is 4.90 Å². The van der Waals surface area contributed by atoms with Crippen LogP contribution in [0.1, 0.15) is 12.8 Å². The number of piperidine rings is 1. The van der Waals surface area contributed by atoms with Gasteiger partial charge < -0.3 is 10.6 Å². The highest BCUT2D eigenvalue weighted by atomic mass is 15.2. The van der Waals surface area contributed by atoms with Crippen molar-refractivity contribution in [1.82, 2.24) is 9.80 Å². The highest BCUT2D eigenvalue weighted by Crippen LogP contribution is 2.13. The molecule has 14 heavy (non-hydrogen) atoms. The van der Waals surface area contributed by atoms with Crippen LogP contribution in [-0.4, -0.2) is 56.1 Å². The second kappa shape index (κ2) is 6.17. The van der Waals surface area contributed by atoms with Gasteiger partial charge in [0.05, 0.1) is 0 Å². The largest absolute Gasteiger partial charge is 0.327 e. The zero-order valence-corrected chi connectivity index (χ0v) is 9.45. The lowest BCUT2D eigenvalue weighted by Crippen LogP contribution is -2.45. The minimum Gasteiger partial charge on any atom is -0.327 e. The molecule has 0 amide bonds. The SMILES string of the molecule is CN(C)C1CCCN(CC=CCN)C1. The molecule has 0 aromatic heterocycles. The summed E-state index contributed by atoms with van der Waals surface area (Å²) >= 11 is 0. The van der Waals surface area contributed by atoms with Gasteiger partial charge in [0.25, 0.3) is 0 Å². The van der Waals surface area contributed by atoms with Crippen molar-refractivity contribution in [2.75, 3.05) is 40.3 Å². The highest BCUT2D eigenvalue weighted by Gasteiger charge is 2.19. The molecule has 0 saturated carbocycles. The Morgan fingerprint density at radius 3 is 2.86 bits per heavy atom. The van der Waals surface area contributed by atoms with E-state index < -0.39 is 0 Å². The topological polar surface area (TPSA) is 32.5 Å². The summed E-state index contributed by atoms with van der Waals surface area (Å²) in [7, 11) is 4.34. The minimum atomic E-state index is 0.658. The van der Waals surface area contributed by atoms with E-state index in [0.29, 0.717) is 6.54 Å². The molecule has 1 aliphatic heterocycles. The summed E-state index contributed by atoms with van der Waals surface area (Å²) in [6.07, 6.45) is 6.88. The van der Waals surface area contributed by atoms with Gasteiger partial charge in [-0.1, -0.05) is 12.2 Å². The monoisotopic (exact) mass is 197 g/mol. The van der Waals surface area contributed by atoms with Crippen LogP contribution in [0.15, 0.2) is 12.2 Å². The van der Waals surface area contributed by atoms with Gasteiger partial charge in [-0.25, -0.2) is 0 Å². The Bertz CT molecular complexity index is 177. The lowest BCUT2D eigenvalue weighted by Gasteiger charge is -2.35. The number of rotatable bonds is 4. The van der Waals surface area contributed by atoms with Gasteiger partial charge in [0.1, 0.15) is 0 Å². The predicted molar refractivity (Wildman–Crippen MR) is 61.3 cm³/mol. The van der Waals surface area contributed by atoms with Crippen molar-refractivity contribution in [1.29, 1.82) is 0 Å². The molecule has 1 aliphatic rings. The van der Waals surface area contributed by atoms with Crippen molar-refractivity contribution in [3.05, 3.63) is 12.2 Å². The Hall–Kier alpha value is -0.380. The van der Waals surface area contributed by atoms with Gasteiger partial charge in [-0.05, 0) is 33.5 Å². The third-order valence-electron chi connectivity index (χ3n) is 2.88. The predicted octanol–water partition coefficient (Wildman–Crippen LogP) is 0.527. The smallest absolute Gasteiger partial charge is 0.0217 e. The molecule has 3 heteroatoms. The van der Waals surface area contributed by atoms with Gasteiger partial charge in [0.2, 0.25) is 0 Å². The lowest BCUT2D eigenvalue weighted by atomic mass is 10.1. The highest BCUT2D eigenvalue weighted by molar-refractivity contribution is 4.88. The molecule has 3 nitrogen and oxygen atoms in total. The molecule has 0 aliphatic carbocycles. The molecule has 1 fully saturated rings. The maximum atomic E-state index is 5.41. The van der Waals surface area contributed by atoms with Gasteiger partial charge in [-0.15, -0.1) is 0 Å². The van der Waals surface area contributed by atoms with Crippen molar-refractivity contribution in [2.45, 2.75) is 18.9 Å². The first-order valence-electron chi connectivity index (χ1n) is 5.48. The Morgan fingerprint density at radius 2 is 2.21 bits per heavy atom. The average molecular weight is 197 g/mol. The van der Waals surface area contributed by atoms with E-state index in [1.54, 1.807) is 0 Å². The first-order valence-corrected chi connectivity index (χ1v) is 5.48. The maximum Gasteiger partial charge on any atom is 0.0217 e. The normalized spacial score (nSPS) is 25.0. The summed E-state index contributed by atoms with van der Waals surface area (Å²) in [6.45, 7) is 4.15. The van der Waals surface area contributed by atoms with Crippen LogP contribution in [-0.2, 0) is 0 Å². The summed E-state index contributed by atoms with van der Waals surface area (Å²) in [6, 6.07) is 0.732. The summed E-state index contributed by atoms with van der Waals surface area (Å²) in [4.78, 5) is 4.83. The Labute approximate surface area is 87.6 Å². The van der Waals surface area contributed by atoms with Crippen molar-refractivity contribution < 1.29 is 0 Å². The van der Waals surface area contributed by atoms with Crippen LogP contribution >= 0.6 is 0 Å². The average Bonchev–Trinajstić information content (AvgIpc) is 2.19. The number of likely N-dealkylation sites (tertiary alicyclic amines) is 1. The second-order valence-corrected chi connectivity index (χ2v) is 4.23. The van der Waals surface area contributed by atoms with Crippen LogP contribution in [0, 0.1) is 0 Å². The molecule has 0 bridgehead atoms. The third kappa shape index (κ3) is 3.78. The van der Waals surface area contributed by atoms with E-state index in [-0.39, 0.29) is 0 Å². The molecule has 1 atom stereocenters. The van der Waals surface area contributed by atoms with Crippen LogP contribution in [0.3, 0.4) is 0 Å². The molecule has 1 heterocycles. The molecule has 0 aromatic carbocycles.